The molecule has 82 valence electrons. The standard InChI is InChI=1S/C11H18N.ClH.H2O/c1-4-12(2,3)10-11-8-6-5-7-9-11;;/h5-9H,4,10H2,1-3H3;1H;1H2/q+1;;/p-1. The van der Waals surface area contributed by atoms with Crippen molar-refractivity contribution in [3.8, 4) is 0 Å². The molecule has 0 aliphatic heterocycles. The van der Waals surface area contributed by atoms with Gasteiger partial charge in [0.15, 0.2) is 0 Å². The Morgan fingerprint density at radius 3 is 2.00 bits per heavy atom. The Morgan fingerprint density at radius 2 is 1.57 bits per heavy atom. The summed E-state index contributed by atoms with van der Waals surface area (Å²) in [5.74, 6) is 0. The molecule has 1 aromatic carbocycles. The van der Waals surface area contributed by atoms with Gasteiger partial charge >= 0.3 is 0 Å². The molecule has 2 N–H and O–H groups in total. The van der Waals surface area contributed by atoms with Crippen LogP contribution in [0.5, 0.6) is 0 Å². The molecule has 2 nitrogen and oxygen atoms in total. The van der Waals surface area contributed by atoms with E-state index in [2.05, 4.69) is 51.4 Å². The first-order valence-corrected chi connectivity index (χ1v) is 4.50. The van der Waals surface area contributed by atoms with Crippen LogP contribution in [0.3, 0.4) is 0 Å². The molecule has 0 amide bonds. The van der Waals surface area contributed by atoms with Crippen molar-refractivity contribution in [2.24, 2.45) is 0 Å². The highest BCUT2D eigenvalue weighted by Gasteiger charge is 2.11. The summed E-state index contributed by atoms with van der Waals surface area (Å²) >= 11 is 0. The summed E-state index contributed by atoms with van der Waals surface area (Å²) in [5.41, 5.74) is 1.42. The average Bonchev–Trinajstić information content (AvgIpc) is 2.06. The molecule has 1 aromatic rings. The van der Waals surface area contributed by atoms with Crippen LogP contribution in [0.15, 0.2) is 30.3 Å². The molecule has 0 unspecified atom stereocenters. The van der Waals surface area contributed by atoms with E-state index in [0.717, 1.165) is 11.0 Å². The first-order valence-electron chi connectivity index (χ1n) is 4.50. The lowest BCUT2D eigenvalue weighted by atomic mass is 10.2. The number of hydrogen-bond acceptors (Lipinski definition) is 0. The number of nitrogens with zero attached hydrogens (tertiary/aromatic N) is 1. The summed E-state index contributed by atoms with van der Waals surface area (Å²) in [4.78, 5) is 0. The van der Waals surface area contributed by atoms with Crippen LogP contribution in [0.4, 0.5) is 0 Å². The molecule has 0 aliphatic rings. The van der Waals surface area contributed by atoms with Crippen LogP contribution < -0.4 is 12.4 Å². The predicted octanol–water partition coefficient (Wildman–Crippen LogP) is -1.54. The summed E-state index contributed by atoms with van der Waals surface area (Å²) in [6.07, 6.45) is 0. The molecule has 0 saturated carbocycles. The average molecular weight is 218 g/mol. The van der Waals surface area contributed by atoms with Crippen LogP contribution in [-0.2, 0) is 6.54 Å². The van der Waals surface area contributed by atoms with Crippen LogP contribution in [0.2, 0.25) is 0 Å². The smallest absolute Gasteiger partial charge is 0.104 e. The molecule has 0 saturated heterocycles. The van der Waals surface area contributed by atoms with E-state index in [1.54, 1.807) is 0 Å². The van der Waals surface area contributed by atoms with Crippen molar-refractivity contribution >= 4 is 0 Å². The zero-order valence-corrected chi connectivity index (χ0v) is 9.88. The zero-order valence-electron chi connectivity index (χ0n) is 9.13. The van der Waals surface area contributed by atoms with Gasteiger partial charge in [0.05, 0.1) is 20.6 Å². The van der Waals surface area contributed by atoms with Crippen molar-refractivity contribution in [1.29, 1.82) is 0 Å². The number of halogens is 1. The number of benzene rings is 1. The van der Waals surface area contributed by atoms with Crippen LogP contribution in [0.1, 0.15) is 12.5 Å². The van der Waals surface area contributed by atoms with Crippen molar-refractivity contribution in [2.75, 3.05) is 20.6 Å². The Kier molecular flexibility index (Phi) is 7.74. The van der Waals surface area contributed by atoms with Gasteiger partial charge in [-0.25, -0.2) is 0 Å². The van der Waals surface area contributed by atoms with Gasteiger partial charge in [-0.2, -0.15) is 0 Å². The van der Waals surface area contributed by atoms with Gasteiger partial charge in [-0.1, -0.05) is 30.3 Å². The van der Waals surface area contributed by atoms with E-state index in [1.165, 1.54) is 12.1 Å². The van der Waals surface area contributed by atoms with Gasteiger partial charge in [-0.15, -0.1) is 0 Å². The summed E-state index contributed by atoms with van der Waals surface area (Å²) in [5, 5.41) is 0. The van der Waals surface area contributed by atoms with Gasteiger partial charge in [0, 0.05) is 5.56 Å². The molecule has 0 aromatic heterocycles. The Labute approximate surface area is 92.9 Å². The second kappa shape index (κ2) is 6.82. The summed E-state index contributed by atoms with van der Waals surface area (Å²) < 4.78 is 1.06. The molecule has 0 fully saturated rings. The van der Waals surface area contributed by atoms with Crippen LogP contribution in [0, 0.1) is 0 Å². The second-order valence-corrected chi connectivity index (χ2v) is 3.90. The van der Waals surface area contributed by atoms with Crippen molar-refractivity contribution in [3.63, 3.8) is 0 Å². The normalized spacial score (nSPS) is 9.93. The SMILES string of the molecule is CC[N+](C)(C)Cc1ccccc1.O.[Cl-]. The second-order valence-electron chi connectivity index (χ2n) is 3.90. The third kappa shape index (κ3) is 5.22. The topological polar surface area (TPSA) is 31.5 Å². The van der Waals surface area contributed by atoms with E-state index < -0.39 is 0 Å². The molecule has 0 aliphatic carbocycles. The van der Waals surface area contributed by atoms with Gasteiger partial charge in [0.2, 0.25) is 0 Å². The Balaban J connectivity index is 0. The summed E-state index contributed by atoms with van der Waals surface area (Å²) in [7, 11) is 4.51. The van der Waals surface area contributed by atoms with Crippen molar-refractivity contribution in [2.45, 2.75) is 13.5 Å². The lowest BCUT2D eigenvalue weighted by Crippen LogP contribution is -3.00. The number of hydrogen-bond donors (Lipinski definition) is 0. The van der Waals surface area contributed by atoms with Crippen molar-refractivity contribution in [1.82, 2.24) is 0 Å². The van der Waals surface area contributed by atoms with E-state index >= 15 is 0 Å². The Morgan fingerprint density at radius 1 is 1.07 bits per heavy atom. The van der Waals surface area contributed by atoms with Gasteiger partial charge in [0.1, 0.15) is 6.54 Å². The Hall–Kier alpha value is -0.570. The quantitative estimate of drug-likeness (QED) is 0.550. The molecule has 14 heavy (non-hydrogen) atoms. The highest BCUT2D eigenvalue weighted by molar-refractivity contribution is 5.13. The number of quaternary nitrogens is 1. The first kappa shape index (κ1) is 15.9. The highest BCUT2D eigenvalue weighted by Crippen LogP contribution is 2.07. The minimum atomic E-state index is 0. The molecule has 3 heteroatoms. The van der Waals surface area contributed by atoms with Crippen LogP contribution in [0.25, 0.3) is 0 Å². The maximum absolute atomic E-state index is 2.26. The maximum Gasteiger partial charge on any atom is 0.104 e. The van der Waals surface area contributed by atoms with E-state index in [-0.39, 0.29) is 17.9 Å². The fourth-order valence-electron chi connectivity index (χ4n) is 1.19. The summed E-state index contributed by atoms with van der Waals surface area (Å²) in [6.45, 7) is 4.52. The third-order valence-corrected chi connectivity index (χ3v) is 2.31. The zero-order chi connectivity index (χ0) is 9.03. The molecular formula is C11H20ClNO. The fraction of sp³-hybridized carbons (Fsp3) is 0.455. The lowest BCUT2D eigenvalue weighted by Gasteiger charge is -2.28. The highest BCUT2D eigenvalue weighted by atomic mass is 35.5. The van der Waals surface area contributed by atoms with E-state index in [9.17, 15) is 0 Å². The predicted molar refractivity (Wildman–Crippen MR) is 56.4 cm³/mol. The molecule has 1 rings (SSSR count). The van der Waals surface area contributed by atoms with Crippen LogP contribution >= 0.6 is 0 Å². The Bertz CT molecular complexity index is 236. The fourth-order valence-corrected chi connectivity index (χ4v) is 1.19. The largest absolute Gasteiger partial charge is 1.00 e. The van der Waals surface area contributed by atoms with Crippen molar-refractivity contribution < 1.29 is 22.4 Å². The monoisotopic (exact) mass is 217 g/mol. The number of rotatable bonds is 3. The first-order chi connectivity index (χ1) is 5.64. The van der Waals surface area contributed by atoms with Crippen molar-refractivity contribution in [3.05, 3.63) is 35.9 Å². The van der Waals surface area contributed by atoms with Gasteiger partial charge in [-0.3, -0.25) is 0 Å². The molecule has 0 bridgehead atoms. The van der Waals surface area contributed by atoms with E-state index in [4.69, 9.17) is 0 Å². The lowest BCUT2D eigenvalue weighted by molar-refractivity contribution is -0.901. The summed E-state index contributed by atoms with van der Waals surface area (Å²) in [6, 6.07) is 10.6. The van der Waals surface area contributed by atoms with Gasteiger partial charge in [0.25, 0.3) is 0 Å². The minimum absolute atomic E-state index is 0. The molecule has 0 spiro atoms. The maximum atomic E-state index is 2.26. The van der Waals surface area contributed by atoms with Gasteiger partial charge < -0.3 is 22.4 Å². The molecule has 0 atom stereocenters. The van der Waals surface area contributed by atoms with Gasteiger partial charge in [-0.05, 0) is 6.92 Å². The molecule has 0 heterocycles. The van der Waals surface area contributed by atoms with E-state index in [0.29, 0.717) is 0 Å². The third-order valence-electron chi connectivity index (χ3n) is 2.31. The minimum Gasteiger partial charge on any atom is -1.00 e. The molecular weight excluding hydrogens is 198 g/mol. The van der Waals surface area contributed by atoms with Crippen LogP contribution in [-0.4, -0.2) is 30.6 Å². The molecule has 0 radical (unpaired) electrons. The van der Waals surface area contributed by atoms with E-state index in [1.807, 2.05) is 0 Å².